The summed E-state index contributed by atoms with van der Waals surface area (Å²) < 4.78 is 1.87. The van der Waals surface area contributed by atoms with Crippen LogP contribution in [0.25, 0.3) is 27.3 Å². The van der Waals surface area contributed by atoms with Crippen molar-refractivity contribution in [1.29, 1.82) is 5.26 Å². The molecular formula is C24H24KN7. The first-order chi connectivity index (χ1) is 15.0. The van der Waals surface area contributed by atoms with Gasteiger partial charge in [0.2, 0.25) is 0 Å². The Morgan fingerprint density at radius 2 is 1.97 bits per heavy atom. The zero-order valence-electron chi connectivity index (χ0n) is 18.9. The Balaban J connectivity index is 0.000000241. The quantitative estimate of drug-likeness (QED) is 0.481. The first-order valence-electron chi connectivity index (χ1n) is 10.1. The van der Waals surface area contributed by atoms with E-state index in [1.54, 1.807) is 19.3 Å². The fraction of sp³-hybridized carbons (Fsp3) is 0.250. The third-order valence-corrected chi connectivity index (χ3v) is 5.38. The van der Waals surface area contributed by atoms with E-state index in [0.29, 0.717) is 17.2 Å². The number of nitrogen functional groups attached to an aromatic ring is 1. The van der Waals surface area contributed by atoms with Crippen LogP contribution in [0.1, 0.15) is 35.4 Å². The van der Waals surface area contributed by atoms with Gasteiger partial charge < -0.3 is 16.0 Å². The van der Waals surface area contributed by atoms with E-state index in [1.165, 1.54) is 18.4 Å². The second-order valence-corrected chi connectivity index (χ2v) is 7.74. The first-order valence-corrected chi connectivity index (χ1v) is 10.1. The van der Waals surface area contributed by atoms with E-state index in [9.17, 15) is 0 Å². The van der Waals surface area contributed by atoms with E-state index in [-0.39, 0.29) is 51.4 Å². The molecule has 0 spiro atoms. The normalized spacial score (nSPS) is 12.3. The zero-order valence-corrected chi connectivity index (χ0v) is 22.0. The van der Waals surface area contributed by atoms with E-state index in [2.05, 4.69) is 32.6 Å². The van der Waals surface area contributed by atoms with Crippen LogP contribution >= 0.6 is 0 Å². The number of nitrogens with zero attached hydrogens (tertiary/aromatic N) is 6. The summed E-state index contributed by atoms with van der Waals surface area (Å²) in [4.78, 5) is 8.66. The predicted molar refractivity (Wildman–Crippen MR) is 123 cm³/mol. The minimum Gasteiger partial charge on any atom is -0.469 e. The van der Waals surface area contributed by atoms with Crippen LogP contribution in [0, 0.1) is 18.3 Å². The molecule has 4 aromatic rings. The van der Waals surface area contributed by atoms with Crippen LogP contribution in [-0.2, 0) is 7.05 Å². The molecule has 0 amide bonds. The number of aromatic nitrogens is 4. The van der Waals surface area contributed by atoms with Crippen molar-refractivity contribution in [3.8, 4) is 17.3 Å². The molecule has 5 rings (SSSR count). The van der Waals surface area contributed by atoms with Crippen LogP contribution in [0.4, 0.5) is 11.6 Å². The van der Waals surface area contributed by atoms with Crippen LogP contribution in [0.15, 0.2) is 48.9 Å². The van der Waals surface area contributed by atoms with Crippen molar-refractivity contribution in [1.82, 2.24) is 19.7 Å². The average Bonchev–Trinajstić information content (AvgIpc) is 3.54. The number of nitrogens with two attached hydrogens (primary N) is 1. The Hall–Kier alpha value is -2.28. The van der Waals surface area contributed by atoms with Crippen LogP contribution in [-0.4, -0.2) is 26.8 Å². The number of hydrogen-bond donors (Lipinski definition) is 1. The van der Waals surface area contributed by atoms with Gasteiger partial charge in [-0.05, 0) is 60.4 Å². The fourth-order valence-corrected chi connectivity index (χ4v) is 3.46. The maximum atomic E-state index is 9.08. The summed E-state index contributed by atoms with van der Waals surface area (Å²) in [5.41, 5.74) is 10.8. The van der Waals surface area contributed by atoms with Crippen molar-refractivity contribution < 1.29 is 51.4 Å². The Morgan fingerprint density at radius 3 is 2.59 bits per heavy atom. The van der Waals surface area contributed by atoms with Gasteiger partial charge in [0.15, 0.2) is 0 Å². The molecule has 3 aromatic heterocycles. The van der Waals surface area contributed by atoms with Crippen LogP contribution in [0.5, 0.6) is 0 Å². The Kier molecular flexibility index (Phi) is 8.04. The van der Waals surface area contributed by atoms with E-state index in [4.69, 9.17) is 11.0 Å². The summed E-state index contributed by atoms with van der Waals surface area (Å²) in [7, 11) is 3.66. The predicted octanol–water partition coefficient (Wildman–Crippen LogP) is 2.00. The molecule has 32 heavy (non-hydrogen) atoms. The summed E-state index contributed by atoms with van der Waals surface area (Å²) >= 11 is 0. The number of aryl methyl sites for hydroxylation is 2. The van der Waals surface area contributed by atoms with Crippen molar-refractivity contribution in [3.05, 3.63) is 70.9 Å². The molecule has 156 valence electrons. The van der Waals surface area contributed by atoms with Gasteiger partial charge in [0.1, 0.15) is 5.82 Å². The molecule has 3 heterocycles. The number of fused-ring (bicyclic) bond motifs is 1. The first kappa shape index (κ1) is 24.4. The molecule has 7 nitrogen and oxygen atoms in total. The van der Waals surface area contributed by atoms with Gasteiger partial charge in [-0.3, -0.25) is 4.68 Å². The van der Waals surface area contributed by atoms with Gasteiger partial charge in [0.05, 0.1) is 23.5 Å². The van der Waals surface area contributed by atoms with Gasteiger partial charge in [-0.1, -0.05) is 31.2 Å². The summed E-state index contributed by atoms with van der Waals surface area (Å²) in [5, 5.41) is 19.0. The maximum absolute atomic E-state index is 9.08. The summed E-state index contributed by atoms with van der Waals surface area (Å²) in [6.07, 6.45) is 8.50. The molecule has 1 fully saturated rings. The van der Waals surface area contributed by atoms with E-state index in [0.717, 1.165) is 33.5 Å². The van der Waals surface area contributed by atoms with Crippen molar-refractivity contribution >= 4 is 22.4 Å². The summed E-state index contributed by atoms with van der Waals surface area (Å²) in [5.74, 6) is 1.91. The minimum atomic E-state index is 0. The van der Waals surface area contributed by atoms with Gasteiger partial charge in [0, 0.05) is 24.2 Å². The van der Waals surface area contributed by atoms with Crippen molar-refractivity contribution in [3.63, 3.8) is 0 Å². The second-order valence-electron chi connectivity index (χ2n) is 7.74. The van der Waals surface area contributed by atoms with E-state index < -0.39 is 0 Å². The molecule has 0 saturated heterocycles. The SMILES string of the molecule is C[N-]c1cc2cc(-c3cc(C#N)ccc3C)nc(N)c2cn1.Cn1cc(C2CC2)cn1.[K+]. The van der Waals surface area contributed by atoms with Crippen molar-refractivity contribution in [2.75, 3.05) is 12.8 Å². The number of anilines is 1. The van der Waals surface area contributed by atoms with E-state index in [1.807, 2.05) is 49.1 Å². The zero-order chi connectivity index (χ0) is 22.0. The third kappa shape index (κ3) is 5.55. The molecule has 8 heteroatoms. The summed E-state index contributed by atoms with van der Waals surface area (Å²) in [6.45, 7) is 1.98. The van der Waals surface area contributed by atoms with Crippen molar-refractivity contribution in [2.24, 2.45) is 7.05 Å². The third-order valence-electron chi connectivity index (χ3n) is 5.38. The van der Waals surface area contributed by atoms with Crippen LogP contribution in [0.3, 0.4) is 0 Å². The van der Waals surface area contributed by atoms with Gasteiger partial charge in [-0.15, -0.1) is 0 Å². The number of rotatable bonds is 3. The molecular weight excluding hydrogens is 425 g/mol. The Labute approximate surface area is 230 Å². The van der Waals surface area contributed by atoms with E-state index >= 15 is 0 Å². The van der Waals surface area contributed by atoms with Gasteiger partial charge >= 0.3 is 51.4 Å². The van der Waals surface area contributed by atoms with Crippen LogP contribution in [0.2, 0.25) is 0 Å². The van der Waals surface area contributed by atoms with Crippen LogP contribution < -0.4 is 57.1 Å². The molecule has 1 aliphatic carbocycles. The number of hydrogen-bond acceptors (Lipinski definition) is 5. The minimum absolute atomic E-state index is 0. The van der Waals surface area contributed by atoms with Gasteiger partial charge in [-0.25, -0.2) is 4.98 Å². The largest absolute Gasteiger partial charge is 1.00 e. The molecule has 1 aromatic carbocycles. The fourth-order valence-electron chi connectivity index (χ4n) is 3.46. The number of nitriles is 1. The standard InChI is InChI=1S/C17H14N5.C7H10N2.K/c1-10-3-4-11(8-18)5-13(10)15-6-12-7-16(20-2)21-9-14(12)17(19)22-15;1-9-5-7(4-8-9)6-2-3-6;/h3-7,9H,1-2H3,(H2-,19,20,21,22);4-6H,2-3H2,1H3;/q-1;;+1. The van der Waals surface area contributed by atoms with Gasteiger partial charge in [-0.2, -0.15) is 10.4 Å². The Morgan fingerprint density at radius 1 is 1.19 bits per heavy atom. The van der Waals surface area contributed by atoms with Gasteiger partial charge in [0.25, 0.3) is 0 Å². The maximum Gasteiger partial charge on any atom is 1.00 e. The number of pyridine rings is 2. The molecule has 0 atom stereocenters. The average molecular weight is 450 g/mol. The monoisotopic (exact) mass is 449 g/mol. The number of benzene rings is 1. The summed E-state index contributed by atoms with van der Waals surface area (Å²) in [6, 6.07) is 11.5. The molecule has 1 aliphatic rings. The van der Waals surface area contributed by atoms with Crippen molar-refractivity contribution in [2.45, 2.75) is 25.7 Å². The smallest absolute Gasteiger partial charge is 0.469 e. The molecule has 0 radical (unpaired) electrons. The topological polar surface area (TPSA) is 108 Å². The molecule has 0 aliphatic heterocycles. The second kappa shape index (κ2) is 10.6. The molecule has 1 saturated carbocycles. The Bertz CT molecular complexity index is 1290. The molecule has 2 N–H and O–H groups in total. The molecule has 0 unspecified atom stereocenters. The molecule has 0 bridgehead atoms.